The van der Waals surface area contributed by atoms with Gasteiger partial charge in [-0.15, -0.1) is 0 Å². The van der Waals surface area contributed by atoms with E-state index in [1.807, 2.05) is 52.5 Å². The Bertz CT molecular complexity index is 1190. The van der Waals surface area contributed by atoms with Crippen LogP contribution in [0.4, 0.5) is 0 Å². The van der Waals surface area contributed by atoms with Crippen molar-refractivity contribution in [3.63, 3.8) is 0 Å². The minimum absolute atomic E-state index is 0.0482. The number of ether oxygens (including phenoxy) is 2. The van der Waals surface area contributed by atoms with E-state index in [0.717, 1.165) is 24.8 Å². The summed E-state index contributed by atoms with van der Waals surface area (Å²) in [5.74, 6) is 0.871. The molecule has 2 saturated heterocycles. The topological polar surface area (TPSA) is 72.0 Å². The van der Waals surface area contributed by atoms with Gasteiger partial charge in [-0.3, -0.25) is 14.6 Å². The molecule has 0 bridgehead atoms. The first-order chi connectivity index (χ1) is 17.2. The molecule has 0 saturated carbocycles. The zero-order valence-electron chi connectivity index (χ0n) is 19.9. The van der Waals surface area contributed by atoms with Crippen LogP contribution in [0.25, 0.3) is 10.8 Å². The van der Waals surface area contributed by atoms with Crippen molar-refractivity contribution in [1.29, 1.82) is 0 Å². The van der Waals surface area contributed by atoms with Gasteiger partial charge in [0.05, 0.1) is 25.3 Å². The molecule has 0 aliphatic carbocycles. The molecule has 2 aliphatic heterocycles. The molecule has 0 spiro atoms. The molecule has 2 fully saturated rings. The van der Waals surface area contributed by atoms with Gasteiger partial charge in [0, 0.05) is 49.8 Å². The lowest BCUT2D eigenvalue weighted by Crippen LogP contribution is -2.36. The van der Waals surface area contributed by atoms with E-state index in [9.17, 15) is 9.59 Å². The van der Waals surface area contributed by atoms with E-state index in [0.29, 0.717) is 57.2 Å². The zero-order chi connectivity index (χ0) is 24.0. The zero-order valence-corrected chi connectivity index (χ0v) is 19.9. The average molecular weight is 474 g/mol. The number of fused-ring (bicyclic) bond motifs is 1. The maximum Gasteiger partial charge on any atom is 0.257 e. The second-order valence-electron chi connectivity index (χ2n) is 9.24. The number of carbonyl (C=O) groups is 2. The van der Waals surface area contributed by atoms with Gasteiger partial charge in [0.2, 0.25) is 5.91 Å². The minimum atomic E-state index is -0.0482. The highest BCUT2D eigenvalue weighted by molar-refractivity contribution is 5.97. The van der Waals surface area contributed by atoms with Gasteiger partial charge in [0.25, 0.3) is 5.91 Å². The van der Waals surface area contributed by atoms with E-state index < -0.39 is 0 Å². The Morgan fingerprint density at radius 1 is 1.11 bits per heavy atom. The van der Waals surface area contributed by atoms with Crippen LogP contribution in [0.1, 0.15) is 28.8 Å². The van der Waals surface area contributed by atoms with Gasteiger partial charge in [0.1, 0.15) is 12.4 Å². The van der Waals surface area contributed by atoms with Crippen LogP contribution in [0.15, 0.2) is 60.9 Å². The summed E-state index contributed by atoms with van der Waals surface area (Å²) in [7, 11) is 0. The summed E-state index contributed by atoms with van der Waals surface area (Å²) in [6.45, 7) is 3.99. The molecule has 2 amide bonds. The molecule has 7 heteroatoms. The highest BCUT2D eigenvalue weighted by Crippen LogP contribution is 2.25. The number of para-hydroxylation sites is 1. The van der Waals surface area contributed by atoms with E-state index in [1.165, 1.54) is 10.9 Å². The highest BCUT2D eigenvalue weighted by atomic mass is 16.5. The number of nitrogens with zero attached hydrogens (tertiary/aromatic N) is 3. The third-order valence-corrected chi connectivity index (χ3v) is 6.82. The van der Waals surface area contributed by atoms with E-state index in [4.69, 9.17) is 9.47 Å². The average Bonchev–Trinajstić information content (AvgIpc) is 3.15. The molecule has 1 aromatic heterocycles. The van der Waals surface area contributed by atoms with Gasteiger partial charge in [0.15, 0.2) is 0 Å². The summed E-state index contributed by atoms with van der Waals surface area (Å²) in [5.41, 5.74) is 1.77. The number of hydrogen-bond donors (Lipinski definition) is 0. The Morgan fingerprint density at radius 3 is 2.91 bits per heavy atom. The predicted molar refractivity (Wildman–Crippen MR) is 133 cm³/mol. The normalized spacial score (nSPS) is 18.6. The molecule has 182 valence electrons. The summed E-state index contributed by atoms with van der Waals surface area (Å²) in [4.78, 5) is 33.4. The fourth-order valence-corrected chi connectivity index (χ4v) is 5.00. The van der Waals surface area contributed by atoms with Crippen LogP contribution in [-0.2, 0) is 16.0 Å². The van der Waals surface area contributed by atoms with Crippen molar-refractivity contribution in [2.45, 2.75) is 19.3 Å². The summed E-state index contributed by atoms with van der Waals surface area (Å²) in [6, 6.07) is 15.7. The molecule has 1 atom stereocenters. The van der Waals surface area contributed by atoms with Crippen molar-refractivity contribution in [3.05, 3.63) is 72.1 Å². The van der Waals surface area contributed by atoms with E-state index in [2.05, 4.69) is 23.2 Å². The summed E-state index contributed by atoms with van der Waals surface area (Å²) < 4.78 is 11.9. The Kier molecular flexibility index (Phi) is 7.23. The molecule has 7 nitrogen and oxygen atoms in total. The smallest absolute Gasteiger partial charge is 0.257 e. The predicted octanol–water partition coefficient (Wildman–Crippen LogP) is 3.57. The lowest BCUT2D eigenvalue weighted by molar-refractivity contribution is -0.128. The first-order valence-corrected chi connectivity index (χ1v) is 12.4. The highest BCUT2D eigenvalue weighted by Gasteiger charge is 2.26. The van der Waals surface area contributed by atoms with Crippen LogP contribution in [0, 0.1) is 5.92 Å². The van der Waals surface area contributed by atoms with E-state index >= 15 is 0 Å². The van der Waals surface area contributed by atoms with Crippen LogP contribution in [0.2, 0.25) is 0 Å². The first-order valence-electron chi connectivity index (χ1n) is 12.4. The molecular formula is C28H31N3O4. The second-order valence-corrected chi connectivity index (χ2v) is 9.24. The van der Waals surface area contributed by atoms with Crippen LogP contribution in [0.3, 0.4) is 0 Å². The number of amides is 2. The monoisotopic (exact) mass is 473 g/mol. The Hall–Kier alpha value is -3.45. The van der Waals surface area contributed by atoms with Gasteiger partial charge in [-0.1, -0.05) is 30.3 Å². The lowest BCUT2D eigenvalue weighted by Gasteiger charge is -2.25. The molecule has 35 heavy (non-hydrogen) atoms. The number of carbonyl (C=O) groups excluding carboxylic acids is 2. The molecule has 0 N–H and O–H groups in total. The van der Waals surface area contributed by atoms with Crippen molar-refractivity contribution in [2.75, 3.05) is 46.0 Å². The minimum Gasteiger partial charge on any atom is -0.491 e. The number of likely N-dealkylation sites (tertiary alicyclic amines) is 1. The first kappa shape index (κ1) is 23.3. The number of aromatic nitrogens is 1. The molecule has 2 aliphatic rings. The van der Waals surface area contributed by atoms with Crippen LogP contribution < -0.4 is 4.74 Å². The summed E-state index contributed by atoms with van der Waals surface area (Å²) in [5, 5.41) is 2.31. The molecule has 0 radical (unpaired) electrons. The fourth-order valence-electron chi connectivity index (χ4n) is 5.00. The van der Waals surface area contributed by atoms with Crippen molar-refractivity contribution in [3.8, 4) is 5.75 Å². The standard InChI is InChI=1S/C28H31N3O4/c32-27-9-4-12-30(27)14-16-35-26-8-2-1-7-24(26)28(33)31-13-15-34-20-21(19-31)17-23-6-3-5-22-10-11-29-18-25(22)23/h1-3,5-8,10-11,18,21H,4,9,12-17,19-20H2/t21-/m1/s1. The fraction of sp³-hybridized carbons (Fsp3) is 0.393. The lowest BCUT2D eigenvalue weighted by atomic mass is 9.95. The Labute approximate surface area is 205 Å². The van der Waals surface area contributed by atoms with Gasteiger partial charge >= 0.3 is 0 Å². The maximum atomic E-state index is 13.6. The van der Waals surface area contributed by atoms with Gasteiger partial charge < -0.3 is 19.3 Å². The maximum absolute atomic E-state index is 13.6. The largest absolute Gasteiger partial charge is 0.491 e. The van der Waals surface area contributed by atoms with E-state index in [1.54, 1.807) is 0 Å². The van der Waals surface area contributed by atoms with Gasteiger partial charge in [-0.2, -0.15) is 0 Å². The van der Waals surface area contributed by atoms with E-state index in [-0.39, 0.29) is 17.7 Å². The molecule has 3 aromatic rings. The molecule has 2 aromatic carbocycles. The van der Waals surface area contributed by atoms with Crippen molar-refractivity contribution in [1.82, 2.24) is 14.8 Å². The summed E-state index contributed by atoms with van der Waals surface area (Å²) >= 11 is 0. The van der Waals surface area contributed by atoms with Crippen molar-refractivity contribution >= 4 is 22.6 Å². The Morgan fingerprint density at radius 2 is 2.03 bits per heavy atom. The van der Waals surface area contributed by atoms with Gasteiger partial charge in [-0.25, -0.2) is 0 Å². The molecule has 0 unspecified atom stereocenters. The SMILES string of the molecule is O=C1CCCN1CCOc1ccccc1C(=O)N1CCOC[C@H](Cc2cccc3ccncc23)C1. The van der Waals surface area contributed by atoms with Crippen LogP contribution in [-0.4, -0.2) is 72.6 Å². The quantitative estimate of drug-likeness (QED) is 0.525. The molecule has 3 heterocycles. The van der Waals surface area contributed by atoms with Gasteiger partial charge in [-0.05, 0) is 42.0 Å². The van der Waals surface area contributed by atoms with Crippen LogP contribution >= 0.6 is 0 Å². The summed E-state index contributed by atoms with van der Waals surface area (Å²) in [6.07, 6.45) is 6.05. The van der Waals surface area contributed by atoms with Crippen LogP contribution in [0.5, 0.6) is 5.75 Å². The number of hydrogen-bond acceptors (Lipinski definition) is 5. The number of benzene rings is 2. The van der Waals surface area contributed by atoms with Crippen molar-refractivity contribution in [2.24, 2.45) is 5.92 Å². The number of rotatable bonds is 7. The third kappa shape index (κ3) is 5.46. The second kappa shape index (κ2) is 10.9. The third-order valence-electron chi connectivity index (χ3n) is 6.82. The van der Waals surface area contributed by atoms with Crippen molar-refractivity contribution < 1.29 is 19.1 Å². The Balaban J connectivity index is 1.27. The number of pyridine rings is 1. The molecule has 5 rings (SSSR count). The molecular weight excluding hydrogens is 442 g/mol.